The Bertz CT molecular complexity index is 212. The summed E-state index contributed by atoms with van der Waals surface area (Å²) >= 11 is 0. The van der Waals surface area contributed by atoms with Gasteiger partial charge in [-0.25, -0.2) is 0 Å². The van der Waals surface area contributed by atoms with Crippen molar-refractivity contribution < 1.29 is 14.6 Å². The largest absolute Gasteiger partial charge is 0.388 e. The van der Waals surface area contributed by atoms with Gasteiger partial charge in [0.25, 0.3) is 0 Å². The van der Waals surface area contributed by atoms with Gasteiger partial charge >= 0.3 is 0 Å². The smallest absolute Gasteiger partial charge is 0.222 e. The number of aliphatic hydroxyl groups is 1. The van der Waals surface area contributed by atoms with E-state index in [1.165, 1.54) is 0 Å². The molecule has 0 aromatic carbocycles. The van der Waals surface area contributed by atoms with Gasteiger partial charge in [0, 0.05) is 19.6 Å². The van der Waals surface area contributed by atoms with Crippen molar-refractivity contribution in [2.45, 2.75) is 51.0 Å². The van der Waals surface area contributed by atoms with E-state index in [0.717, 1.165) is 32.1 Å². The van der Waals surface area contributed by atoms with E-state index in [1.54, 1.807) is 0 Å². The van der Waals surface area contributed by atoms with Crippen LogP contribution >= 0.6 is 0 Å². The zero-order valence-electron chi connectivity index (χ0n) is 10.1. The fourth-order valence-corrected chi connectivity index (χ4v) is 1.97. The van der Waals surface area contributed by atoms with Crippen LogP contribution in [0.4, 0.5) is 0 Å². The maximum Gasteiger partial charge on any atom is 0.222 e. The molecule has 1 fully saturated rings. The summed E-state index contributed by atoms with van der Waals surface area (Å²) in [4.78, 5) is 11.4. The van der Waals surface area contributed by atoms with E-state index in [0.29, 0.717) is 26.2 Å². The molecule has 1 rings (SSSR count). The molecule has 0 aromatic rings. The lowest BCUT2D eigenvalue weighted by Crippen LogP contribution is -2.41. The summed E-state index contributed by atoms with van der Waals surface area (Å²) in [5.41, 5.74) is -0.653. The Morgan fingerprint density at radius 3 is 2.69 bits per heavy atom. The van der Waals surface area contributed by atoms with E-state index >= 15 is 0 Å². The van der Waals surface area contributed by atoms with Gasteiger partial charge in [-0.05, 0) is 19.3 Å². The van der Waals surface area contributed by atoms with Crippen LogP contribution < -0.4 is 5.32 Å². The summed E-state index contributed by atoms with van der Waals surface area (Å²) < 4.78 is 5.23. The molecule has 0 bridgehead atoms. The second-order valence-corrected chi connectivity index (χ2v) is 4.57. The van der Waals surface area contributed by atoms with Crippen LogP contribution in [0.15, 0.2) is 0 Å². The summed E-state index contributed by atoms with van der Waals surface area (Å²) in [6.45, 7) is 3.60. The van der Waals surface area contributed by atoms with Gasteiger partial charge in [-0.15, -0.1) is 0 Å². The van der Waals surface area contributed by atoms with Crippen molar-refractivity contribution in [3.63, 3.8) is 0 Å². The Labute approximate surface area is 97.4 Å². The number of amides is 1. The van der Waals surface area contributed by atoms with Crippen LogP contribution in [0.3, 0.4) is 0 Å². The van der Waals surface area contributed by atoms with Crippen LogP contribution in [0.25, 0.3) is 0 Å². The Morgan fingerprint density at radius 1 is 1.38 bits per heavy atom. The van der Waals surface area contributed by atoms with E-state index in [1.807, 2.05) is 6.92 Å². The molecule has 0 saturated heterocycles. The lowest BCUT2D eigenvalue weighted by molar-refractivity contribution is -0.123. The number of ether oxygens (including phenoxy) is 1. The second-order valence-electron chi connectivity index (χ2n) is 4.57. The number of hydrogen-bond acceptors (Lipinski definition) is 3. The average molecular weight is 229 g/mol. The van der Waals surface area contributed by atoms with E-state index in [2.05, 4.69) is 5.32 Å². The van der Waals surface area contributed by atoms with Crippen LogP contribution in [0, 0.1) is 0 Å². The molecule has 4 nitrogen and oxygen atoms in total. The first-order valence-electron chi connectivity index (χ1n) is 6.23. The van der Waals surface area contributed by atoms with Crippen molar-refractivity contribution in [1.29, 1.82) is 0 Å². The highest BCUT2D eigenvalue weighted by atomic mass is 16.5. The Balaban J connectivity index is 2.05. The van der Waals surface area contributed by atoms with Crippen molar-refractivity contribution >= 4 is 5.91 Å². The molecule has 16 heavy (non-hydrogen) atoms. The normalized spacial score (nSPS) is 18.6. The van der Waals surface area contributed by atoms with Gasteiger partial charge in [-0.1, -0.05) is 19.8 Å². The maximum atomic E-state index is 11.4. The molecule has 2 N–H and O–H groups in total. The molecule has 0 radical (unpaired) electrons. The van der Waals surface area contributed by atoms with Gasteiger partial charge < -0.3 is 15.2 Å². The first-order valence-corrected chi connectivity index (χ1v) is 6.23. The number of carbonyl (C=O) groups is 1. The molecule has 0 aliphatic heterocycles. The number of nitrogens with one attached hydrogen (secondary N) is 1. The van der Waals surface area contributed by atoms with Gasteiger partial charge in [0.05, 0.1) is 12.2 Å². The van der Waals surface area contributed by atoms with Crippen molar-refractivity contribution in [3.8, 4) is 0 Å². The number of carbonyl (C=O) groups excluding carboxylic acids is 1. The van der Waals surface area contributed by atoms with Crippen LogP contribution in [-0.4, -0.2) is 36.4 Å². The standard InChI is InChI=1S/C12H23NO3/c1-2-8-16-9-5-11(14)13-10-12(15)6-3-4-7-12/h15H,2-10H2,1H3,(H,13,14). The predicted molar refractivity (Wildman–Crippen MR) is 62.2 cm³/mol. The van der Waals surface area contributed by atoms with E-state index in [-0.39, 0.29) is 5.91 Å². The highest BCUT2D eigenvalue weighted by Crippen LogP contribution is 2.28. The SMILES string of the molecule is CCCOCCC(=O)NCC1(O)CCCC1. The minimum Gasteiger partial charge on any atom is -0.388 e. The highest BCUT2D eigenvalue weighted by Gasteiger charge is 2.31. The van der Waals surface area contributed by atoms with Gasteiger partial charge in [-0.3, -0.25) is 4.79 Å². The highest BCUT2D eigenvalue weighted by molar-refractivity contribution is 5.76. The van der Waals surface area contributed by atoms with Crippen molar-refractivity contribution in [3.05, 3.63) is 0 Å². The summed E-state index contributed by atoms with van der Waals surface area (Å²) in [5.74, 6) is -0.0311. The minimum absolute atomic E-state index is 0.0311. The lowest BCUT2D eigenvalue weighted by atomic mass is 10.0. The van der Waals surface area contributed by atoms with Gasteiger partial charge in [0.15, 0.2) is 0 Å². The third kappa shape index (κ3) is 4.94. The summed E-state index contributed by atoms with van der Waals surface area (Å²) in [6, 6.07) is 0. The van der Waals surface area contributed by atoms with Crippen LogP contribution in [0.5, 0.6) is 0 Å². The van der Waals surface area contributed by atoms with Gasteiger partial charge in [0.2, 0.25) is 5.91 Å². The minimum atomic E-state index is -0.653. The van der Waals surface area contributed by atoms with Crippen LogP contribution in [0.2, 0.25) is 0 Å². The van der Waals surface area contributed by atoms with Crippen molar-refractivity contribution in [2.24, 2.45) is 0 Å². The Morgan fingerprint density at radius 2 is 2.06 bits per heavy atom. The Kier molecular flexibility index (Phi) is 5.77. The summed E-state index contributed by atoms with van der Waals surface area (Å²) in [5, 5.41) is 12.8. The molecule has 0 aromatic heterocycles. The zero-order chi connectivity index (χ0) is 11.9. The quantitative estimate of drug-likeness (QED) is 0.645. The topological polar surface area (TPSA) is 58.6 Å². The molecule has 94 valence electrons. The molecule has 0 spiro atoms. The molecule has 1 amide bonds. The molecular formula is C12H23NO3. The van der Waals surface area contributed by atoms with Gasteiger partial charge in [-0.2, -0.15) is 0 Å². The molecule has 0 atom stereocenters. The van der Waals surface area contributed by atoms with Crippen LogP contribution in [-0.2, 0) is 9.53 Å². The fourth-order valence-electron chi connectivity index (χ4n) is 1.97. The predicted octanol–water partition coefficient (Wildman–Crippen LogP) is 1.22. The van der Waals surface area contributed by atoms with Gasteiger partial charge in [0.1, 0.15) is 0 Å². The lowest BCUT2D eigenvalue weighted by Gasteiger charge is -2.22. The second kappa shape index (κ2) is 6.86. The fraction of sp³-hybridized carbons (Fsp3) is 0.917. The van der Waals surface area contributed by atoms with Crippen molar-refractivity contribution in [2.75, 3.05) is 19.8 Å². The molecular weight excluding hydrogens is 206 g/mol. The monoisotopic (exact) mass is 229 g/mol. The molecule has 0 unspecified atom stereocenters. The average Bonchev–Trinajstić information content (AvgIpc) is 2.70. The first-order chi connectivity index (χ1) is 7.66. The number of hydrogen-bond donors (Lipinski definition) is 2. The van der Waals surface area contributed by atoms with E-state index in [9.17, 15) is 9.90 Å². The summed E-state index contributed by atoms with van der Waals surface area (Å²) in [7, 11) is 0. The molecule has 0 heterocycles. The molecule has 1 saturated carbocycles. The maximum absolute atomic E-state index is 11.4. The summed E-state index contributed by atoms with van der Waals surface area (Å²) in [6.07, 6.45) is 5.09. The van der Waals surface area contributed by atoms with Crippen molar-refractivity contribution in [1.82, 2.24) is 5.32 Å². The zero-order valence-corrected chi connectivity index (χ0v) is 10.1. The van der Waals surface area contributed by atoms with E-state index < -0.39 is 5.60 Å². The first kappa shape index (κ1) is 13.5. The third-order valence-electron chi connectivity index (χ3n) is 2.97. The Hall–Kier alpha value is -0.610. The third-order valence-corrected chi connectivity index (χ3v) is 2.97. The molecule has 1 aliphatic carbocycles. The van der Waals surface area contributed by atoms with Crippen LogP contribution in [0.1, 0.15) is 45.4 Å². The van der Waals surface area contributed by atoms with E-state index in [4.69, 9.17) is 4.74 Å². The number of rotatable bonds is 7. The molecule has 1 aliphatic rings. The molecule has 4 heteroatoms.